The maximum Gasteiger partial charge on any atom is 0.238 e. The van der Waals surface area contributed by atoms with E-state index in [0.717, 1.165) is 24.7 Å². The van der Waals surface area contributed by atoms with E-state index in [2.05, 4.69) is 9.88 Å². The lowest BCUT2D eigenvalue weighted by molar-refractivity contribution is 0.400. The Kier molecular flexibility index (Phi) is 3.77. The first-order valence-corrected chi connectivity index (χ1v) is 6.60. The number of thioether (sulfide) groups is 1. The van der Waals surface area contributed by atoms with E-state index in [-0.39, 0.29) is 0 Å². The molecule has 5 heteroatoms. The van der Waals surface area contributed by atoms with Gasteiger partial charge in [-0.05, 0) is 24.3 Å². The summed E-state index contributed by atoms with van der Waals surface area (Å²) in [7, 11) is 1.60. The summed E-state index contributed by atoms with van der Waals surface area (Å²) in [5.74, 6) is 3.89. The first-order valence-electron chi connectivity index (χ1n) is 5.44. The molecule has 0 amide bonds. The fourth-order valence-electron chi connectivity index (χ4n) is 1.76. The molecule has 0 radical (unpaired) electrons. The van der Waals surface area contributed by atoms with Gasteiger partial charge in [0.05, 0.1) is 12.8 Å². The molecule has 1 aromatic rings. The summed E-state index contributed by atoms with van der Waals surface area (Å²) < 4.78 is 5.14. The summed E-state index contributed by atoms with van der Waals surface area (Å²) in [5, 5.41) is 0. The van der Waals surface area contributed by atoms with E-state index < -0.39 is 0 Å². The summed E-state index contributed by atoms with van der Waals surface area (Å²) >= 11 is 2.00. The molecule has 0 atom stereocenters. The largest absolute Gasteiger partial charge is 0.479 e. The van der Waals surface area contributed by atoms with Crippen molar-refractivity contribution in [2.75, 3.05) is 42.3 Å². The van der Waals surface area contributed by atoms with Gasteiger partial charge < -0.3 is 15.4 Å². The van der Waals surface area contributed by atoms with Crippen LogP contribution in [0.1, 0.15) is 6.42 Å². The van der Waals surface area contributed by atoms with Gasteiger partial charge in [0.1, 0.15) is 5.82 Å². The Labute approximate surface area is 100 Å². The van der Waals surface area contributed by atoms with Gasteiger partial charge in [-0.25, -0.2) is 0 Å². The molecule has 0 aromatic carbocycles. The van der Waals surface area contributed by atoms with E-state index >= 15 is 0 Å². The molecule has 16 heavy (non-hydrogen) atoms. The van der Waals surface area contributed by atoms with Crippen LogP contribution in [0, 0.1) is 0 Å². The number of ether oxygens (including phenoxy) is 1. The van der Waals surface area contributed by atoms with Gasteiger partial charge in [0.15, 0.2) is 0 Å². The highest BCUT2D eigenvalue weighted by Crippen LogP contribution is 2.24. The Hall–Kier alpha value is -1.10. The molecule has 1 aliphatic rings. The Balaban J connectivity index is 2.18. The van der Waals surface area contributed by atoms with Crippen LogP contribution in [0.15, 0.2) is 12.1 Å². The molecule has 0 unspecified atom stereocenters. The minimum atomic E-state index is 0.523. The number of hydrogen-bond acceptors (Lipinski definition) is 5. The van der Waals surface area contributed by atoms with E-state index in [9.17, 15) is 0 Å². The molecule has 0 aliphatic carbocycles. The van der Waals surface area contributed by atoms with Crippen LogP contribution in [0.4, 0.5) is 11.5 Å². The molecular weight excluding hydrogens is 222 g/mol. The second-order valence-corrected chi connectivity index (χ2v) is 4.95. The second kappa shape index (κ2) is 5.30. The van der Waals surface area contributed by atoms with Crippen molar-refractivity contribution in [1.82, 2.24) is 4.98 Å². The third kappa shape index (κ3) is 2.52. The SMILES string of the molecule is COc1nc(N2CCCSCC2)ccc1N. The van der Waals surface area contributed by atoms with Gasteiger partial charge in [0.25, 0.3) is 0 Å². The molecule has 0 spiro atoms. The molecule has 88 valence electrons. The van der Waals surface area contributed by atoms with Crippen molar-refractivity contribution in [3.05, 3.63) is 12.1 Å². The molecule has 4 nitrogen and oxygen atoms in total. The highest BCUT2D eigenvalue weighted by Gasteiger charge is 2.12. The molecule has 1 aliphatic heterocycles. The first kappa shape index (κ1) is 11.4. The number of nitrogens with two attached hydrogens (primary N) is 1. The van der Waals surface area contributed by atoms with E-state index in [1.807, 2.05) is 23.9 Å². The maximum absolute atomic E-state index is 5.75. The molecular formula is C11H17N3OS. The lowest BCUT2D eigenvalue weighted by Crippen LogP contribution is -2.26. The Bertz CT molecular complexity index is 351. The number of rotatable bonds is 2. The third-order valence-corrected chi connectivity index (χ3v) is 3.66. The molecule has 2 heterocycles. The van der Waals surface area contributed by atoms with E-state index in [1.165, 1.54) is 12.2 Å². The van der Waals surface area contributed by atoms with Gasteiger partial charge >= 0.3 is 0 Å². The molecule has 2 N–H and O–H groups in total. The lowest BCUT2D eigenvalue weighted by atomic mass is 10.3. The van der Waals surface area contributed by atoms with E-state index in [4.69, 9.17) is 10.5 Å². The summed E-state index contributed by atoms with van der Waals surface area (Å²) in [6.07, 6.45) is 1.21. The van der Waals surface area contributed by atoms with Crippen molar-refractivity contribution in [3.8, 4) is 5.88 Å². The van der Waals surface area contributed by atoms with Crippen LogP contribution in [0.25, 0.3) is 0 Å². The zero-order valence-corrected chi connectivity index (χ0v) is 10.3. The number of nitrogen functional groups attached to an aromatic ring is 1. The van der Waals surface area contributed by atoms with E-state index in [1.54, 1.807) is 7.11 Å². The Morgan fingerprint density at radius 2 is 2.25 bits per heavy atom. The zero-order chi connectivity index (χ0) is 11.4. The number of hydrogen-bond donors (Lipinski definition) is 1. The van der Waals surface area contributed by atoms with Crippen LogP contribution in [0.3, 0.4) is 0 Å². The van der Waals surface area contributed by atoms with Gasteiger partial charge in [-0.2, -0.15) is 16.7 Å². The predicted octanol–water partition coefficient (Wildman–Crippen LogP) is 1.62. The summed E-state index contributed by atoms with van der Waals surface area (Å²) in [6.45, 7) is 2.11. The standard InChI is InChI=1S/C11H17N3OS/c1-15-11-9(12)3-4-10(13-11)14-5-2-7-16-8-6-14/h3-4H,2,5-8,12H2,1H3. The monoisotopic (exact) mass is 239 g/mol. The van der Waals surface area contributed by atoms with Crippen LogP contribution >= 0.6 is 11.8 Å². The van der Waals surface area contributed by atoms with Crippen molar-refractivity contribution in [2.24, 2.45) is 0 Å². The average Bonchev–Trinajstić information content (AvgIpc) is 2.58. The zero-order valence-electron chi connectivity index (χ0n) is 9.48. The topological polar surface area (TPSA) is 51.4 Å². The van der Waals surface area contributed by atoms with Gasteiger partial charge in [-0.1, -0.05) is 0 Å². The Morgan fingerprint density at radius 1 is 1.38 bits per heavy atom. The number of anilines is 2. The van der Waals surface area contributed by atoms with Gasteiger partial charge in [0, 0.05) is 18.8 Å². The number of nitrogens with zero attached hydrogens (tertiary/aromatic N) is 2. The fourth-order valence-corrected chi connectivity index (χ4v) is 2.64. The van der Waals surface area contributed by atoms with Crippen molar-refractivity contribution < 1.29 is 4.74 Å². The Morgan fingerprint density at radius 3 is 3.06 bits per heavy atom. The van der Waals surface area contributed by atoms with Crippen LogP contribution < -0.4 is 15.4 Å². The molecule has 0 saturated carbocycles. The van der Waals surface area contributed by atoms with Crippen LogP contribution in [-0.4, -0.2) is 36.7 Å². The quantitative estimate of drug-likeness (QED) is 0.850. The number of pyridine rings is 1. The highest BCUT2D eigenvalue weighted by molar-refractivity contribution is 7.99. The molecule has 2 rings (SSSR count). The summed E-state index contributed by atoms with van der Waals surface area (Å²) in [4.78, 5) is 6.72. The minimum absolute atomic E-state index is 0.523. The fraction of sp³-hybridized carbons (Fsp3) is 0.545. The van der Waals surface area contributed by atoms with Gasteiger partial charge in [-0.15, -0.1) is 0 Å². The van der Waals surface area contributed by atoms with Crippen LogP contribution in [-0.2, 0) is 0 Å². The van der Waals surface area contributed by atoms with Gasteiger partial charge in [-0.3, -0.25) is 0 Å². The molecule has 1 saturated heterocycles. The molecule has 1 aromatic heterocycles. The van der Waals surface area contributed by atoms with Crippen molar-refractivity contribution in [1.29, 1.82) is 0 Å². The average molecular weight is 239 g/mol. The predicted molar refractivity (Wildman–Crippen MR) is 69.4 cm³/mol. The smallest absolute Gasteiger partial charge is 0.238 e. The summed E-state index contributed by atoms with van der Waals surface area (Å²) in [6, 6.07) is 3.83. The van der Waals surface area contributed by atoms with Crippen molar-refractivity contribution >= 4 is 23.3 Å². The van der Waals surface area contributed by atoms with E-state index in [0.29, 0.717) is 11.6 Å². The lowest BCUT2D eigenvalue weighted by Gasteiger charge is -2.21. The second-order valence-electron chi connectivity index (χ2n) is 3.72. The number of aromatic nitrogens is 1. The highest BCUT2D eigenvalue weighted by atomic mass is 32.2. The molecule has 0 bridgehead atoms. The van der Waals surface area contributed by atoms with Crippen molar-refractivity contribution in [3.63, 3.8) is 0 Å². The van der Waals surface area contributed by atoms with Crippen molar-refractivity contribution in [2.45, 2.75) is 6.42 Å². The maximum atomic E-state index is 5.75. The molecule has 1 fully saturated rings. The first-order chi connectivity index (χ1) is 7.81. The third-order valence-electron chi connectivity index (χ3n) is 2.61. The number of methoxy groups -OCH3 is 1. The summed E-state index contributed by atoms with van der Waals surface area (Å²) in [5.41, 5.74) is 6.34. The van der Waals surface area contributed by atoms with Crippen LogP contribution in [0.2, 0.25) is 0 Å². The van der Waals surface area contributed by atoms with Gasteiger partial charge in [0.2, 0.25) is 5.88 Å². The minimum Gasteiger partial charge on any atom is -0.479 e. The van der Waals surface area contributed by atoms with Crippen LogP contribution in [0.5, 0.6) is 5.88 Å². The normalized spacial score (nSPS) is 16.9.